The molecule has 0 saturated carbocycles. The summed E-state index contributed by atoms with van der Waals surface area (Å²) >= 11 is 0. The Morgan fingerprint density at radius 2 is 1.91 bits per heavy atom. The third kappa shape index (κ3) is 4.95. The lowest BCUT2D eigenvalue weighted by Crippen LogP contribution is -2.36. The largest absolute Gasteiger partial charge is 0.389 e. The maximum absolute atomic E-state index is 12.1. The highest BCUT2D eigenvalue weighted by atomic mass is 16.5. The summed E-state index contributed by atoms with van der Waals surface area (Å²) < 4.78 is 5.47. The van der Waals surface area contributed by atoms with Gasteiger partial charge in [-0.25, -0.2) is 0 Å². The van der Waals surface area contributed by atoms with E-state index in [9.17, 15) is 9.90 Å². The van der Waals surface area contributed by atoms with Gasteiger partial charge < -0.3 is 14.7 Å². The lowest BCUT2D eigenvalue weighted by atomic mass is 10.2. The Kier molecular flexibility index (Phi) is 6.06. The third-order valence-corrected chi connectivity index (χ3v) is 3.18. The van der Waals surface area contributed by atoms with E-state index in [4.69, 9.17) is 4.74 Å². The van der Waals surface area contributed by atoms with Crippen LogP contribution in [-0.4, -0.2) is 47.2 Å². The summed E-state index contributed by atoms with van der Waals surface area (Å²) in [5, 5.41) is 9.96. The van der Waals surface area contributed by atoms with Crippen molar-refractivity contribution in [2.45, 2.75) is 12.7 Å². The van der Waals surface area contributed by atoms with Crippen molar-refractivity contribution in [2.24, 2.45) is 0 Å². The predicted molar refractivity (Wildman–Crippen MR) is 83.3 cm³/mol. The molecule has 0 fully saturated rings. The number of aliphatic hydroxyl groups excluding tert-OH is 1. The molecule has 0 bridgehead atoms. The van der Waals surface area contributed by atoms with Gasteiger partial charge in [-0.2, -0.15) is 0 Å². The van der Waals surface area contributed by atoms with Gasteiger partial charge >= 0.3 is 0 Å². The quantitative estimate of drug-likeness (QED) is 0.846. The summed E-state index contributed by atoms with van der Waals surface area (Å²) in [6.07, 6.45) is 2.42. The van der Waals surface area contributed by atoms with Crippen molar-refractivity contribution in [3.05, 3.63) is 66.0 Å². The van der Waals surface area contributed by atoms with Crippen molar-refractivity contribution < 1.29 is 14.6 Å². The van der Waals surface area contributed by atoms with Gasteiger partial charge in [-0.1, -0.05) is 30.3 Å². The fourth-order valence-electron chi connectivity index (χ4n) is 2.05. The number of ether oxygens (including phenoxy) is 1. The smallest absolute Gasteiger partial charge is 0.253 e. The van der Waals surface area contributed by atoms with Gasteiger partial charge in [0.2, 0.25) is 0 Å². The number of pyridine rings is 1. The maximum Gasteiger partial charge on any atom is 0.253 e. The van der Waals surface area contributed by atoms with Gasteiger partial charge in [-0.15, -0.1) is 0 Å². The fourth-order valence-corrected chi connectivity index (χ4v) is 2.05. The Morgan fingerprint density at radius 3 is 2.59 bits per heavy atom. The Morgan fingerprint density at radius 1 is 1.23 bits per heavy atom. The van der Waals surface area contributed by atoms with Gasteiger partial charge in [0, 0.05) is 31.5 Å². The van der Waals surface area contributed by atoms with E-state index < -0.39 is 6.10 Å². The summed E-state index contributed by atoms with van der Waals surface area (Å²) in [5.41, 5.74) is 1.60. The summed E-state index contributed by atoms with van der Waals surface area (Å²) in [4.78, 5) is 17.5. The third-order valence-electron chi connectivity index (χ3n) is 3.18. The van der Waals surface area contributed by atoms with E-state index in [0.717, 1.165) is 5.56 Å². The number of carbonyl (C=O) groups excluding carboxylic acids is 1. The lowest BCUT2D eigenvalue weighted by Gasteiger charge is -2.21. The summed E-state index contributed by atoms with van der Waals surface area (Å²) in [7, 11) is 1.66. The van der Waals surface area contributed by atoms with Crippen LogP contribution in [0.3, 0.4) is 0 Å². The SMILES string of the molecule is CN(CC(O)COCc1ccccc1)C(=O)c1ccncc1. The molecule has 1 heterocycles. The topological polar surface area (TPSA) is 62.7 Å². The van der Waals surface area contributed by atoms with E-state index in [2.05, 4.69) is 4.98 Å². The molecule has 1 aromatic carbocycles. The minimum absolute atomic E-state index is 0.149. The van der Waals surface area contributed by atoms with Crippen molar-refractivity contribution in [3.8, 4) is 0 Å². The van der Waals surface area contributed by atoms with Crippen LogP contribution in [0.5, 0.6) is 0 Å². The van der Waals surface area contributed by atoms with Gasteiger partial charge in [0.1, 0.15) is 0 Å². The molecule has 2 aromatic rings. The van der Waals surface area contributed by atoms with Gasteiger partial charge in [0.05, 0.1) is 19.3 Å². The molecule has 1 N–H and O–H groups in total. The average Bonchev–Trinajstić information content (AvgIpc) is 2.56. The monoisotopic (exact) mass is 300 g/mol. The lowest BCUT2D eigenvalue weighted by molar-refractivity contribution is 0.0137. The first-order valence-electron chi connectivity index (χ1n) is 7.12. The van der Waals surface area contributed by atoms with Crippen LogP contribution in [0.15, 0.2) is 54.9 Å². The molecule has 5 heteroatoms. The van der Waals surface area contributed by atoms with Crippen LogP contribution in [0.1, 0.15) is 15.9 Å². The van der Waals surface area contributed by atoms with Gasteiger partial charge in [0.25, 0.3) is 5.91 Å². The van der Waals surface area contributed by atoms with Crippen molar-refractivity contribution in [1.29, 1.82) is 0 Å². The zero-order chi connectivity index (χ0) is 15.8. The van der Waals surface area contributed by atoms with Gasteiger partial charge in [-0.05, 0) is 17.7 Å². The average molecular weight is 300 g/mol. The van der Waals surface area contributed by atoms with E-state index in [-0.39, 0.29) is 19.1 Å². The zero-order valence-electron chi connectivity index (χ0n) is 12.6. The Labute approximate surface area is 130 Å². The van der Waals surface area contributed by atoms with E-state index in [0.29, 0.717) is 12.2 Å². The van der Waals surface area contributed by atoms with E-state index in [1.54, 1.807) is 31.6 Å². The Bertz CT molecular complexity index is 575. The second-order valence-corrected chi connectivity index (χ2v) is 5.08. The van der Waals surface area contributed by atoms with E-state index in [1.165, 1.54) is 4.90 Å². The Balaban J connectivity index is 1.74. The van der Waals surface area contributed by atoms with Gasteiger partial charge in [0.15, 0.2) is 0 Å². The molecule has 1 unspecified atom stereocenters. The predicted octanol–water partition coefficient (Wildman–Crippen LogP) is 1.73. The maximum atomic E-state index is 12.1. The number of aliphatic hydroxyl groups is 1. The van der Waals surface area contributed by atoms with Crippen molar-refractivity contribution in [3.63, 3.8) is 0 Å². The van der Waals surface area contributed by atoms with Crippen molar-refractivity contribution in [1.82, 2.24) is 9.88 Å². The summed E-state index contributed by atoms with van der Waals surface area (Å²) in [6.45, 7) is 0.846. The van der Waals surface area contributed by atoms with E-state index >= 15 is 0 Å². The first-order chi connectivity index (χ1) is 10.7. The van der Waals surface area contributed by atoms with Crippen LogP contribution in [0, 0.1) is 0 Å². The second kappa shape index (κ2) is 8.26. The molecule has 116 valence electrons. The first kappa shape index (κ1) is 16.1. The fraction of sp³-hybridized carbons (Fsp3) is 0.294. The number of aromatic nitrogens is 1. The molecule has 5 nitrogen and oxygen atoms in total. The van der Waals surface area contributed by atoms with Crippen molar-refractivity contribution >= 4 is 5.91 Å². The molecule has 0 aliphatic carbocycles. The van der Waals surface area contributed by atoms with Crippen LogP contribution in [0.25, 0.3) is 0 Å². The van der Waals surface area contributed by atoms with Gasteiger partial charge in [-0.3, -0.25) is 9.78 Å². The highest BCUT2D eigenvalue weighted by molar-refractivity contribution is 5.93. The number of hydrogen-bond acceptors (Lipinski definition) is 4. The van der Waals surface area contributed by atoms with Crippen LogP contribution in [0.2, 0.25) is 0 Å². The van der Waals surface area contributed by atoms with Crippen LogP contribution in [-0.2, 0) is 11.3 Å². The number of benzene rings is 1. The highest BCUT2D eigenvalue weighted by Gasteiger charge is 2.15. The molecule has 0 saturated heterocycles. The number of carbonyl (C=O) groups is 1. The number of hydrogen-bond donors (Lipinski definition) is 1. The van der Waals surface area contributed by atoms with Crippen molar-refractivity contribution in [2.75, 3.05) is 20.2 Å². The molecule has 0 radical (unpaired) electrons. The number of rotatable bonds is 7. The minimum atomic E-state index is -0.723. The normalized spacial score (nSPS) is 11.9. The molecule has 0 aliphatic heterocycles. The number of likely N-dealkylation sites (N-methyl/N-ethyl adjacent to an activating group) is 1. The van der Waals surface area contributed by atoms with Crippen LogP contribution in [0.4, 0.5) is 0 Å². The standard InChI is InChI=1S/C17H20N2O3/c1-19(17(21)15-7-9-18-10-8-15)11-16(20)13-22-12-14-5-3-2-4-6-14/h2-10,16,20H,11-13H2,1H3. The van der Waals surface area contributed by atoms with E-state index in [1.807, 2.05) is 30.3 Å². The highest BCUT2D eigenvalue weighted by Crippen LogP contribution is 2.04. The second-order valence-electron chi connectivity index (χ2n) is 5.08. The summed E-state index contributed by atoms with van der Waals surface area (Å²) in [6, 6.07) is 13.1. The molecular weight excluding hydrogens is 280 g/mol. The Hall–Kier alpha value is -2.24. The molecule has 22 heavy (non-hydrogen) atoms. The molecule has 1 amide bonds. The van der Waals surface area contributed by atoms with Crippen LogP contribution >= 0.6 is 0 Å². The van der Waals surface area contributed by atoms with Crippen LogP contribution < -0.4 is 0 Å². The molecular formula is C17H20N2O3. The molecule has 0 aliphatic rings. The minimum Gasteiger partial charge on any atom is -0.389 e. The molecule has 1 aromatic heterocycles. The zero-order valence-corrected chi connectivity index (χ0v) is 12.6. The molecule has 1 atom stereocenters. The summed E-state index contributed by atoms with van der Waals surface area (Å²) in [5.74, 6) is -0.149. The molecule has 0 spiro atoms. The molecule has 2 rings (SSSR count). The number of nitrogens with zero attached hydrogens (tertiary/aromatic N) is 2. The number of amides is 1. The first-order valence-corrected chi connectivity index (χ1v) is 7.12.